The quantitative estimate of drug-likeness (QED) is 0.745. The van der Waals surface area contributed by atoms with E-state index in [2.05, 4.69) is 4.98 Å². The fourth-order valence-corrected chi connectivity index (χ4v) is 3.16. The minimum atomic E-state index is -3.86. The Bertz CT molecular complexity index is 521. The van der Waals surface area contributed by atoms with E-state index in [-0.39, 0.29) is 15.9 Å². The molecule has 0 unspecified atom stereocenters. The molecule has 6 nitrogen and oxygen atoms in total. The molecule has 0 spiro atoms. The van der Waals surface area contributed by atoms with Crippen molar-refractivity contribution >= 4 is 37.0 Å². The van der Waals surface area contributed by atoms with Crippen molar-refractivity contribution in [3.8, 4) is 0 Å². The molecule has 0 bridgehead atoms. The van der Waals surface area contributed by atoms with Gasteiger partial charge in [0.25, 0.3) is 15.0 Å². The first-order valence-corrected chi connectivity index (χ1v) is 7.94. The molecule has 0 atom stereocenters. The number of nitrogens with zero attached hydrogens (tertiary/aromatic N) is 2. The Morgan fingerprint density at radius 3 is 2.65 bits per heavy atom. The number of aromatic nitrogens is 1. The smallest absolute Gasteiger partial charge is 0.288 e. The van der Waals surface area contributed by atoms with Crippen molar-refractivity contribution in [2.45, 2.75) is 4.34 Å². The zero-order valence-corrected chi connectivity index (χ0v) is 11.0. The summed E-state index contributed by atoms with van der Waals surface area (Å²) in [5, 5.41) is 1.40. The third-order valence-corrected chi connectivity index (χ3v) is 5.01. The van der Waals surface area contributed by atoms with E-state index >= 15 is 0 Å². The van der Waals surface area contributed by atoms with Gasteiger partial charge in [-0.15, -0.1) is 11.3 Å². The highest BCUT2D eigenvalue weighted by Crippen LogP contribution is 2.20. The number of halogens is 1. The van der Waals surface area contributed by atoms with E-state index in [1.54, 1.807) is 4.90 Å². The molecule has 0 saturated carbocycles. The van der Waals surface area contributed by atoms with Crippen LogP contribution in [0.1, 0.15) is 10.5 Å². The summed E-state index contributed by atoms with van der Waals surface area (Å²) in [6.07, 6.45) is 0. The highest BCUT2D eigenvalue weighted by atomic mass is 35.7. The van der Waals surface area contributed by atoms with Crippen molar-refractivity contribution < 1.29 is 17.9 Å². The third kappa shape index (κ3) is 2.95. The second kappa shape index (κ2) is 4.89. The first-order chi connectivity index (χ1) is 7.98. The van der Waals surface area contributed by atoms with Gasteiger partial charge >= 0.3 is 0 Å². The van der Waals surface area contributed by atoms with Gasteiger partial charge in [0.2, 0.25) is 4.34 Å². The van der Waals surface area contributed by atoms with Gasteiger partial charge in [0.05, 0.1) is 13.2 Å². The topological polar surface area (TPSA) is 76.6 Å². The highest BCUT2D eigenvalue weighted by molar-refractivity contribution is 8.14. The molecule has 94 valence electrons. The number of morpholine rings is 1. The van der Waals surface area contributed by atoms with Crippen LogP contribution in [0.4, 0.5) is 0 Å². The van der Waals surface area contributed by atoms with Crippen LogP contribution in [-0.4, -0.2) is 50.5 Å². The molecular formula is C8H9ClN2O4S2. The summed E-state index contributed by atoms with van der Waals surface area (Å²) in [6, 6.07) is 0. The van der Waals surface area contributed by atoms with Gasteiger partial charge in [-0.05, 0) is 0 Å². The lowest BCUT2D eigenvalue weighted by atomic mass is 10.3. The van der Waals surface area contributed by atoms with Gasteiger partial charge in [-0.1, -0.05) is 0 Å². The minimum absolute atomic E-state index is 0.108. The maximum atomic E-state index is 11.9. The lowest BCUT2D eigenvalue weighted by Crippen LogP contribution is -2.40. The molecule has 9 heteroatoms. The van der Waals surface area contributed by atoms with E-state index in [9.17, 15) is 13.2 Å². The molecule has 1 saturated heterocycles. The van der Waals surface area contributed by atoms with Gasteiger partial charge in [-0.3, -0.25) is 4.79 Å². The molecule has 1 fully saturated rings. The molecule has 1 aliphatic heterocycles. The predicted molar refractivity (Wildman–Crippen MR) is 61.9 cm³/mol. The Hall–Kier alpha value is -0.700. The van der Waals surface area contributed by atoms with Crippen LogP contribution in [0.5, 0.6) is 0 Å². The zero-order valence-electron chi connectivity index (χ0n) is 8.63. The number of carbonyl (C=O) groups is 1. The van der Waals surface area contributed by atoms with Crippen LogP contribution >= 0.6 is 22.0 Å². The lowest BCUT2D eigenvalue weighted by molar-refractivity contribution is 0.0299. The van der Waals surface area contributed by atoms with Gasteiger partial charge in [-0.2, -0.15) is 0 Å². The fraction of sp³-hybridized carbons (Fsp3) is 0.500. The molecule has 1 aliphatic rings. The first kappa shape index (κ1) is 12.7. The normalized spacial score (nSPS) is 17.1. The molecule has 0 aromatic carbocycles. The largest absolute Gasteiger partial charge is 0.378 e. The van der Waals surface area contributed by atoms with Crippen LogP contribution in [0.2, 0.25) is 0 Å². The van der Waals surface area contributed by atoms with Gasteiger partial charge in [0.1, 0.15) is 5.69 Å². The molecule has 0 aliphatic carbocycles. The summed E-state index contributed by atoms with van der Waals surface area (Å²) in [6.45, 7) is 1.94. The standard InChI is InChI=1S/C8H9ClN2O4S2/c9-17(13,14)8-10-6(5-16-8)7(12)11-1-3-15-4-2-11/h5H,1-4H2. The van der Waals surface area contributed by atoms with Crippen LogP contribution in [0.25, 0.3) is 0 Å². The summed E-state index contributed by atoms with van der Waals surface area (Å²) in [7, 11) is 1.28. The van der Waals surface area contributed by atoms with Gasteiger partial charge in [-0.25, -0.2) is 13.4 Å². The summed E-state index contributed by atoms with van der Waals surface area (Å²) in [5.41, 5.74) is 0.108. The maximum Gasteiger partial charge on any atom is 0.288 e. The van der Waals surface area contributed by atoms with E-state index in [0.29, 0.717) is 26.3 Å². The summed E-state index contributed by atoms with van der Waals surface area (Å²) in [5.74, 6) is -0.295. The van der Waals surface area contributed by atoms with Crippen LogP contribution in [-0.2, 0) is 13.8 Å². The SMILES string of the molecule is O=C(c1csc(S(=O)(=O)Cl)n1)N1CCOCC1. The molecule has 1 aromatic heterocycles. The molecule has 0 radical (unpaired) electrons. The van der Waals surface area contributed by atoms with Crippen LogP contribution in [0, 0.1) is 0 Å². The lowest BCUT2D eigenvalue weighted by Gasteiger charge is -2.25. The van der Waals surface area contributed by atoms with E-state index in [4.69, 9.17) is 15.4 Å². The fourth-order valence-electron chi connectivity index (χ4n) is 1.40. The summed E-state index contributed by atoms with van der Waals surface area (Å²) < 4.78 is 26.9. The number of carbonyl (C=O) groups excluding carboxylic acids is 1. The predicted octanol–water partition coefficient (Wildman–Crippen LogP) is 0.543. The Morgan fingerprint density at radius 2 is 2.12 bits per heavy atom. The summed E-state index contributed by atoms with van der Waals surface area (Å²) >= 11 is 0.839. The average molecular weight is 297 g/mol. The third-order valence-electron chi connectivity index (χ3n) is 2.21. The maximum absolute atomic E-state index is 11.9. The van der Waals surface area contributed by atoms with Crippen LogP contribution < -0.4 is 0 Å². The van der Waals surface area contributed by atoms with Crippen molar-refractivity contribution in [1.29, 1.82) is 0 Å². The van der Waals surface area contributed by atoms with Crippen molar-refractivity contribution in [1.82, 2.24) is 9.88 Å². The Balaban J connectivity index is 2.17. The second-order valence-corrected chi connectivity index (χ2v) is 6.94. The molecule has 2 rings (SSSR count). The first-order valence-electron chi connectivity index (χ1n) is 4.76. The minimum Gasteiger partial charge on any atom is -0.378 e. The van der Waals surface area contributed by atoms with E-state index < -0.39 is 9.05 Å². The number of ether oxygens (including phenoxy) is 1. The molecule has 1 aromatic rings. The molecule has 1 amide bonds. The second-order valence-electron chi connectivity index (χ2n) is 3.34. The van der Waals surface area contributed by atoms with Crippen molar-refractivity contribution in [3.63, 3.8) is 0 Å². The van der Waals surface area contributed by atoms with Crippen molar-refractivity contribution in [3.05, 3.63) is 11.1 Å². The summed E-state index contributed by atoms with van der Waals surface area (Å²) in [4.78, 5) is 17.2. The van der Waals surface area contributed by atoms with Crippen LogP contribution in [0.15, 0.2) is 9.72 Å². The van der Waals surface area contributed by atoms with Crippen molar-refractivity contribution in [2.75, 3.05) is 26.3 Å². The van der Waals surface area contributed by atoms with E-state index in [1.165, 1.54) is 5.38 Å². The molecule has 0 N–H and O–H groups in total. The van der Waals surface area contributed by atoms with E-state index in [1.807, 2.05) is 0 Å². The van der Waals surface area contributed by atoms with Gasteiger partial charge < -0.3 is 9.64 Å². The van der Waals surface area contributed by atoms with Gasteiger partial charge in [0, 0.05) is 29.2 Å². The Labute approximate surface area is 107 Å². The van der Waals surface area contributed by atoms with Crippen LogP contribution in [0.3, 0.4) is 0 Å². The number of hydrogen-bond acceptors (Lipinski definition) is 6. The number of thiazole rings is 1. The monoisotopic (exact) mass is 296 g/mol. The highest BCUT2D eigenvalue weighted by Gasteiger charge is 2.23. The zero-order chi connectivity index (χ0) is 12.5. The Morgan fingerprint density at radius 1 is 1.47 bits per heavy atom. The average Bonchev–Trinajstić information content (AvgIpc) is 2.78. The number of amides is 1. The molecular weight excluding hydrogens is 288 g/mol. The van der Waals surface area contributed by atoms with E-state index in [0.717, 1.165) is 11.3 Å². The number of rotatable bonds is 2. The number of hydrogen-bond donors (Lipinski definition) is 0. The van der Waals surface area contributed by atoms with Crippen molar-refractivity contribution in [2.24, 2.45) is 0 Å². The van der Waals surface area contributed by atoms with Gasteiger partial charge in [0.15, 0.2) is 0 Å². The molecule has 2 heterocycles. The Kier molecular flexibility index (Phi) is 3.67. The molecule has 17 heavy (non-hydrogen) atoms.